The molecule has 0 aliphatic carbocycles. The summed E-state index contributed by atoms with van der Waals surface area (Å²) in [5, 5.41) is 5.20. The van der Waals surface area contributed by atoms with E-state index in [4.69, 9.17) is 9.88 Å². The van der Waals surface area contributed by atoms with Gasteiger partial charge >= 0.3 is 0 Å². The van der Waals surface area contributed by atoms with Crippen molar-refractivity contribution in [2.75, 3.05) is 12.0 Å². The van der Waals surface area contributed by atoms with Gasteiger partial charge in [-0.2, -0.15) is 0 Å². The van der Waals surface area contributed by atoms with Crippen LogP contribution >= 0.6 is 0 Å². The zero-order valence-electron chi connectivity index (χ0n) is 15.2. The lowest BCUT2D eigenvalue weighted by Gasteiger charge is -2.21. The summed E-state index contributed by atoms with van der Waals surface area (Å²) in [5.74, 6) is 0.559. The molecule has 28 heavy (non-hydrogen) atoms. The lowest BCUT2D eigenvalue weighted by atomic mass is 10.1. The minimum Gasteiger partial charge on any atom is -0.496 e. The normalized spacial score (nSPS) is 11.1. The monoisotopic (exact) mass is 398 g/mol. The highest BCUT2D eigenvalue weighted by molar-refractivity contribution is 7.89. The van der Waals surface area contributed by atoms with Gasteiger partial charge < -0.3 is 4.74 Å². The highest BCUT2D eigenvalue weighted by atomic mass is 32.2. The quantitative estimate of drug-likeness (QED) is 0.706. The zero-order chi connectivity index (χ0) is 20.3. The van der Waals surface area contributed by atoms with E-state index < -0.39 is 10.0 Å². The number of para-hydroxylation sites is 1. The van der Waals surface area contributed by atoms with E-state index in [1.165, 1.54) is 36.4 Å². The lowest BCUT2D eigenvalue weighted by Crippen LogP contribution is -2.24. The summed E-state index contributed by atoms with van der Waals surface area (Å²) in [6.45, 7) is 1.36. The van der Waals surface area contributed by atoms with Gasteiger partial charge in [-0.1, -0.05) is 18.2 Å². The summed E-state index contributed by atoms with van der Waals surface area (Å²) in [6, 6.07) is 14.7. The van der Waals surface area contributed by atoms with Crippen molar-refractivity contribution in [1.29, 1.82) is 0 Å². The molecule has 0 aliphatic heterocycles. The molecule has 144 valence electrons. The second-order valence-electron chi connectivity index (χ2n) is 5.86. The third kappa shape index (κ3) is 4.00. The molecule has 0 saturated heterocycles. The highest BCUT2D eigenvalue weighted by Crippen LogP contribution is 2.32. The highest BCUT2D eigenvalue weighted by Gasteiger charge is 2.19. The van der Waals surface area contributed by atoms with Crippen molar-refractivity contribution >= 4 is 27.4 Å². The van der Waals surface area contributed by atoms with Crippen LogP contribution in [0.4, 0.5) is 11.5 Å². The second kappa shape index (κ2) is 7.75. The maximum absolute atomic E-state index is 12.3. The van der Waals surface area contributed by atoms with Gasteiger partial charge in [0.15, 0.2) is 0 Å². The van der Waals surface area contributed by atoms with Gasteiger partial charge in [-0.3, -0.25) is 9.69 Å². The van der Waals surface area contributed by atoms with Crippen LogP contribution in [0.2, 0.25) is 0 Å². The number of rotatable bonds is 5. The molecule has 9 heteroatoms. The molecular weight excluding hydrogens is 380 g/mol. The largest absolute Gasteiger partial charge is 0.496 e. The van der Waals surface area contributed by atoms with Crippen molar-refractivity contribution in [2.24, 2.45) is 5.14 Å². The first-order chi connectivity index (χ1) is 13.3. The van der Waals surface area contributed by atoms with Crippen LogP contribution in [0.5, 0.6) is 5.75 Å². The Bertz CT molecular complexity index is 1130. The first-order valence-electron chi connectivity index (χ1n) is 8.20. The molecule has 1 heterocycles. The van der Waals surface area contributed by atoms with Crippen molar-refractivity contribution in [3.05, 3.63) is 60.9 Å². The molecule has 2 aromatic carbocycles. The summed E-state index contributed by atoms with van der Waals surface area (Å²) in [7, 11) is -2.36. The molecule has 3 aromatic rings. The van der Waals surface area contributed by atoms with Gasteiger partial charge in [-0.15, -0.1) is 0 Å². The number of carbonyl (C=O) groups is 1. The van der Waals surface area contributed by atoms with Crippen molar-refractivity contribution < 1.29 is 17.9 Å². The Labute approximate surface area is 162 Å². The molecule has 0 radical (unpaired) electrons. The van der Waals surface area contributed by atoms with Gasteiger partial charge in [0.25, 0.3) is 0 Å². The molecule has 0 fully saturated rings. The van der Waals surface area contributed by atoms with Crippen LogP contribution in [0.1, 0.15) is 6.92 Å². The number of amides is 1. The number of hydrogen-bond acceptors (Lipinski definition) is 6. The number of anilines is 2. The Morgan fingerprint density at radius 1 is 1.07 bits per heavy atom. The van der Waals surface area contributed by atoms with E-state index in [9.17, 15) is 13.2 Å². The molecule has 8 nitrogen and oxygen atoms in total. The average molecular weight is 398 g/mol. The molecule has 1 aromatic heterocycles. The van der Waals surface area contributed by atoms with Crippen molar-refractivity contribution in [3.8, 4) is 17.0 Å². The fourth-order valence-corrected chi connectivity index (χ4v) is 3.30. The molecule has 0 bridgehead atoms. The topological polar surface area (TPSA) is 115 Å². The van der Waals surface area contributed by atoms with E-state index in [0.29, 0.717) is 17.1 Å². The van der Waals surface area contributed by atoms with E-state index in [2.05, 4.69) is 9.97 Å². The molecule has 0 saturated carbocycles. The summed E-state index contributed by atoms with van der Waals surface area (Å²) >= 11 is 0. The number of methoxy groups -OCH3 is 1. The Morgan fingerprint density at radius 2 is 1.82 bits per heavy atom. The van der Waals surface area contributed by atoms with Gasteiger partial charge in [-0.05, 0) is 30.3 Å². The summed E-state index contributed by atoms with van der Waals surface area (Å²) in [6.07, 6.45) is 1.33. The minimum absolute atomic E-state index is 0.102. The van der Waals surface area contributed by atoms with Gasteiger partial charge in [0.2, 0.25) is 15.9 Å². The Kier molecular flexibility index (Phi) is 5.39. The third-order valence-electron chi connectivity index (χ3n) is 3.98. The first kappa shape index (κ1) is 19.5. The van der Waals surface area contributed by atoms with E-state index in [1.807, 2.05) is 18.2 Å². The van der Waals surface area contributed by atoms with Crippen molar-refractivity contribution in [2.45, 2.75) is 11.8 Å². The standard InChI is InChI=1S/C19H18N4O4S/c1-13(24)23(14-6-5-7-15(10-14)28(20,25)26)19-11-17(21-12-22-19)16-8-3-4-9-18(16)27-2/h3-12H,1-2H3,(H2,20,25,26). The van der Waals surface area contributed by atoms with Crippen LogP contribution in [-0.2, 0) is 14.8 Å². The summed E-state index contributed by atoms with van der Waals surface area (Å²) in [4.78, 5) is 22.0. The number of benzene rings is 2. The third-order valence-corrected chi connectivity index (χ3v) is 4.89. The van der Waals surface area contributed by atoms with Crippen molar-refractivity contribution in [3.63, 3.8) is 0 Å². The van der Waals surface area contributed by atoms with Gasteiger partial charge in [-0.25, -0.2) is 23.5 Å². The molecule has 0 unspecified atom stereocenters. The van der Waals surface area contributed by atoms with Crippen LogP contribution in [0.15, 0.2) is 65.8 Å². The average Bonchev–Trinajstić information content (AvgIpc) is 2.67. The molecule has 1 amide bonds. The smallest absolute Gasteiger partial charge is 0.238 e. The number of carbonyl (C=O) groups excluding carboxylic acids is 1. The van der Waals surface area contributed by atoms with Crippen LogP contribution in [-0.4, -0.2) is 31.4 Å². The zero-order valence-corrected chi connectivity index (χ0v) is 16.1. The van der Waals surface area contributed by atoms with E-state index in [1.54, 1.807) is 25.3 Å². The van der Waals surface area contributed by atoms with Gasteiger partial charge in [0.1, 0.15) is 17.9 Å². The lowest BCUT2D eigenvalue weighted by molar-refractivity contribution is -0.115. The number of ether oxygens (including phenoxy) is 1. The van der Waals surface area contributed by atoms with Crippen LogP contribution in [0, 0.1) is 0 Å². The van der Waals surface area contributed by atoms with Crippen LogP contribution < -0.4 is 14.8 Å². The fourth-order valence-electron chi connectivity index (χ4n) is 2.75. The maximum atomic E-state index is 12.3. The second-order valence-corrected chi connectivity index (χ2v) is 7.42. The fraction of sp³-hybridized carbons (Fsp3) is 0.105. The molecule has 0 spiro atoms. The number of primary sulfonamides is 1. The molecule has 3 rings (SSSR count). The Hall–Kier alpha value is -3.30. The predicted octanol–water partition coefficient (Wildman–Crippen LogP) is 2.48. The number of nitrogens with two attached hydrogens (primary N) is 1. The predicted molar refractivity (Wildman–Crippen MR) is 105 cm³/mol. The summed E-state index contributed by atoms with van der Waals surface area (Å²) < 4.78 is 28.7. The van der Waals surface area contributed by atoms with Gasteiger partial charge in [0, 0.05) is 18.6 Å². The molecule has 2 N–H and O–H groups in total. The molecule has 0 atom stereocenters. The van der Waals surface area contributed by atoms with E-state index in [0.717, 1.165) is 5.56 Å². The number of sulfonamides is 1. The molecular formula is C19H18N4O4S. The maximum Gasteiger partial charge on any atom is 0.238 e. The summed E-state index contributed by atoms with van der Waals surface area (Å²) in [5.41, 5.74) is 1.61. The van der Waals surface area contributed by atoms with E-state index in [-0.39, 0.29) is 16.6 Å². The Balaban J connectivity index is 2.11. The number of nitrogens with zero attached hydrogens (tertiary/aromatic N) is 3. The Morgan fingerprint density at radius 3 is 2.50 bits per heavy atom. The first-order valence-corrected chi connectivity index (χ1v) is 9.75. The number of aromatic nitrogens is 2. The van der Waals surface area contributed by atoms with E-state index >= 15 is 0 Å². The van der Waals surface area contributed by atoms with Gasteiger partial charge in [0.05, 0.1) is 23.4 Å². The minimum atomic E-state index is -3.91. The van der Waals surface area contributed by atoms with Crippen LogP contribution in [0.25, 0.3) is 11.3 Å². The molecule has 0 aliphatic rings. The van der Waals surface area contributed by atoms with Crippen LogP contribution in [0.3, 0.4) is 0 Å². The van der Waals surface area contributed by atoms with Crippen molar-refractivity contribution in [1.82, 2.24) is 9.97 Å². The number of hydrogen-bond donors (Lipinski definition) is 1. The SMILES string of the molecule is COc1ccccc1-c1cc(N(C(C)=O)c2cccc(S(N)(=O)=O)c2)ncn1.